The van der Waals surface area contributed by atoms with Crippen LogP contribution < -0.4 is 4.90 Å². The average Bonchev–Trinajstić information content (AvgIpc) is 2.77. The van der Waals surface area contributed by atoms with Crippen LogP contribution >= 0.6 is 15.9 Å². The molecule has 1 aliphatic rings. The highest BCUT2D eigenvalue weighted by atomic mass is 79.9. The average molecular weight is 337 g/mol. The van der Waals surface area contributed by atoms with Crippen LogP contribution in [0.3, 0.4) is 0 Å². The molecule has 0 radical (unpaired) electrons. The lowest BCUT2D eigenvalue weighted by molar-refractivity contribution is 0.251. The Hall–Kier alpha value is -1.07. The molecule has 0 saturated carbocycles. The monoisotopic (exact) mass is 336 g/mol. The molecule has 0 aromatic carbocycles. The second kappa shape index (κ2) is 5.37. The minimum Gasteiger partial charge on any atom is -0.376 e. The van der Waals surface area contributed by atoms with E-state index in [2.05, 4.69) is 69.6 Å². The highest BCUT2D eigenvalue weighted by molar-refractivity contribution is 9.10. The molecule has 1 aliphatic heterocycles. The van der Waals surface area contributed by atoms with E-state index in [1.807, 2.05) is 0 Å². The molecule has 0 amide bonds. The summed E-state index contributed by atoms with van der Waals surface area (Å²) in [6, 6.07) is 4.25. The van der Waals surface area contributed by atoms with Crippen LogP contribution in [0.25, 0.3) is 5.52 Å². The topological polar surface area (TPSA) is 23.8 Å². The van der Waals surface area contributed by atoms with Gasteiger partial charge >= 0.3 is 0 Å². The van der Waals surface area contributed by atoms with Crippen LogP contribution in [-0.2, 0) is 0 Å². The number of aromatic nitrogens is 2. The van der Waals surface area contributed by atoms with Crippen molar-refractivity contribution >= 4 is 27.1 Å². The normalized spacial score (nSPS) is 17.8. The van der Waals surface area contributed by atoms with E-state index < -0.39 is 0 Å². The van der Waals surface area contributed by atoms with E-state index in [0.717, 1.165) is 17.7 Å². The molecule has 0 N–H and O–H groups in total. The zero-order valence-electron chi connectivity index (χ0n) is 12.3. The molecule has 0 bridgehead atoms. The predicted octanol–water partition coefficient (Wildman–Crippen LogP) is 2.97. The number of anilines is 1. The quantitative estimate of drug-likeness (QED) is 0.842. The molecular weight excluding hydrogens is 316 g/mol. The smallest absolute Gasteiger partial charge is 0.134 e. The van der Waals surface area contributed by atoms with E-state index >= 15 is 0 Å². The minimum absolute atomic E-state index is 0.558. The summed E-state index contributed by atoms with van der Waals surface area (Å²) in [6.45, 7) is 2.31. The lowest BCUT2D eigenvalue weighted by Gasteiger charge is -2.28. The van der Waals surface area contributed by atoms with Gasteiger partial charge in [0.25, 0.3) is 0 Å². The Kier molecular flexibility index (Phi) is 3.73. The van der Waals surface area contributed by atoms with Crippen molar-refractivity contribution in [3.63, 3.8) is 0 Å². The summed E-state index contributed by atoms with van der Waals surface area (Å²) >= 11 is 3.65. The van der Waals surface area contributed by atoms with Crippen molar-refractivity contribution in [3.8, 4) is 0 Å². The SMILES string of the molecule is CN1CCC(c2nc(Br)c3c(N(C)C)cccn23)CC1. The number of imidazole rings is 1. The first-order valence-corrected chi connectivity index (χ1v) is 7.89. The fourth-order valence-electron chi connectivity index (χ4n) is 3.02. The van der Waals surface area contributed by atoms with Gasteiger partial charge in [-0.2, -0.15) is 0 Å². The lowest BCUT2D eigenvalue weighted by Crippen LogP contribution is -2.29. The number of fused-ring (bicyclic) bond motifs is 1. The third-order valence-corrected chi connectivity index (χ3v) is 4.75. The van der Waals surface area contributed by atoms with Crippen LogP contribution in [0, 0.1) is 0 Å². The summed E-state index contributed by atoms with van der Waals surface area (Å²) in [6.07, 6.45) is 4.51. The highest BCUT2D eigenvalue weighted by Gasteiger charge is 2.24. The molecule has 0 atom stereocenters. The van der Waals surface area contributed by atoms with E-state index in [0.29, 0.717) is 5.92 Å². The summed E-state index contributed by atoms with van der Waals surface area (Å²) in [7, 11) is 6.34. The largest absolute Gasteiger partial charge is 0.376 e. The number of pyridine rings is 1. The Morgan fingerprint density at radius 2 is 2.00 bits per heavy atom. The van der Waals surface area contributed by atoms with Crippen molar-refractivity contribution in [1.29, 1.82) is 0 Å². The van der Waals surface area contributed by atoms with Gasteiger partial charge in [0.15, 0.2) is 0 Å². The summed E-state index contributed by atoms with van der Waals surface area (Å²) < 4.78 is 3.21. The molecular formula is C15H21BrN4. The molecule has 2 aromatic rings. The predicted molar refractivity (Wildman–Crippen MR) is 86.7 cm³/mol. The molecule has 108 valence electrons. The van der Waals surface area contributed by atoms with Gasteiger partial charge in [0.05, 0.1) is 5.69 Å². The van der Waals surface area contributed by atoms with Gasteiger partial charge in [0.1, 0.15) is 15.9 Å². The first kappa shape index (κ1) is 13.9. The van der Waals surface area contributed by atoms with E-state index in [1.54, 1.807) is 0 Å². The van der Waals surface area contributed by atoms with E-state index in [4.69, 9.17) is 4.98 Å². The molecule has 1 fully saturated rings. The van der Waals surface area contributed by atoms with Crippen molar-refractivity contribution in [1.82, 2.24) is 14.3 Å². The lowest BCUT2D eigenvalue weighted by atomic mass is 9.96. The zero-order chi connectivity index (χ0) is 14.3. The maximum atomic E-state index is 4.82. The second-order valence-electron chi connectivity index (χ2n) is 5.84. The van der Waals surface area contributed by atoms with Gasteiger partial charge < -0.3 is 14.2 Å². The molecule has 20 heavy (non-hydrogen) atoms. The number of nitrogens with zero attached hydrogens (tertiary/aromatic N) is 4. The van der Waals surface area contributed by atoms with E-state index in [1.165, 1.54) is 29.9 Å². The van der Waals surface area contributed by atoms with Gasteiger partial charge in [-0.15, -0.1) is 0 Å². The Balaban J connectivity index is 2.07. The third-order valence-electron chi connectivity index (χ3n) is 4.19. The molecule has 3 heterocycles. The Morgan fingerprint density at radius 1 is 1.30 bits per heavy atom. The molecule has 0 aliphatic carbocycles. The molecule has 0 spiro atoms. The van der Waals surface area contributed by atoms with Crippen LogP contribution in [0.5, 0.6) is 0 Å². The first-order valence-electron chi connectivity index (χ1n) is 7.10. The van der Waals surface area contributed by atoms with Gasteiger partial charge in [-0.25, -0.2) is 4.98 Å². The summed E-state index contributed by atoms with van der Waals surface area (Å²) in [5.74, 6) is 1.76. The number of rotatable bonds is 2. The first-order chi connectivity index (χ1) is 9.58. The molecule has 0 unspecified atom stereocenters. The van der Waals surface area contributed by atoms with Crippen molar-refractivity contribution < 1.29 is 0 Å². The molecule has 4 nitrogen and oxygen atoms in total. The van der Waals surface area contributed by atoms with Gasteiger partial charge in [-0.1, -0.05) is 0 Å². The van der Waals surface area contributed by atoms with Gasteiger partial charge in [-0.3, -0.25) is 0 Å². The number of piperidine rings is 1. The Morgan fingerprint density at radius 3 is 2.65 bits per heavy atom. The van der Waals surface area contributed by atoms with Crippen LogP contribution in [0.2, 0.25) is 0 Å². The summed E-state index contributed by atoms with van der Waals surface area (Å²) in [5, 5.41) is 0. The fraction of sp³-hybridized carbons (Fsp3) is 0.533. The minimum atomic E-state index is 0.558. The van der Waals surface area contributed by atoms with E-state index in [9.17, 15) is 0 Å². The van der Waals surface area contributed by atoms with Crippen molar-refractivity contribution in [2.24, 2.45) is 0 Å². The van der Waals surface area contributed by atoms with Crippen LogP contribution in [0.15, 0.2) is 22.9 Å². The van der Waals surface area contributed by atoms with Crippen LogP contribution in [0.4, 0.5) is 5.69 Å². The summed E-state index contributed by atoms with van der Waals surface area (Å²) in [5.41, 5.74) is 2.37. The van der Waals surface area contributed by atoms with Gasteiger partial charge in [0, 0.05) is 26.2 Å². The van der Waals surface area contributed by atoms with Crippen LogP contribution in [0.1, 0.15) is 24.6 Å². The number of hydrogen-bond acceptors (Lipinski definition) is 3. The van der Waals surface area contributed by atoms with Gasteiger partial charge in [-0.05, 0) is 61.0 Å². The maximum Gasteiger partial charge on any atom is 0.134 e. The van der Waals surface area contributed by atoms with Crippen LogP contribution in [-0.4, -0.2) is 48.5 Å². The van der Waals surface area contributed by atoms with Crippen molar-refractivity contribution in [2.45, 2.75) is 18.8 Å². The third kappa shape index (κ3) is 2.33. The van der Waals surface area contributed by atoms with Crippen molar-refractivity contribution in [2.75, 3.05) is 39.1 Å². The molecule has 3 rings (SSSR count). The number of hydrogen-bond donors (Lipinski definition) is 0. The van der Waals surface area contributed by atoms with E-state index in [-0.39, 0.29) is 0 Å². The molecule has 5 heteroatoms. The van der Waals surface area contributed by atoms with Gasteiger partial charge in [0.2, 0.25) is 0 Å². The Labute approximate surface area is 128 Å². The highest BCUT2D eigenvalue weighted by Crippen LogP contribution is 2.33. The summed E-state index contributed by atoms with van der Waals surface area (Å²) in [4.78, 5) is 9.35. The Bertz CT molecular complexity index is 612. The standard InChI is InChI=1S/C15H21BrN4/c1-18(2)12-5-4-8-20-13(12)14(16)17-15(20)11-6-9-19(3)10-7-11/h4-5,8,11H,6-7,9-10H2,1-3H3. The second-order valence-corrected chi connectivity index (χ2v) is 6.60. The fourth-order valence-corrected chi connectivity index (χ4v) is 3.59. The zero-order valence-corrected chi connectivity index (χ0v) is 13.9. The van der Waals surface area contributed by atoms with Crippen molar-refractivity contribution in [3.05, 3.63) is 28.8 Å². The molecule has 1 saturated heterocycles. The number of halogens is 1. The number of likely N-dealkylation sites (tertiary alicyclic amines) is 1. The maximum absolute atomic E-state index is 4.82. The molecule has 2 aromatic heterocycles.